The van der Waals surface area contributed by atoms with E-state index in [0.29, 0.717) is 33.6 Å². The zero-order valence-corrected chi connectivity index (χ0v) is 20.0. The molecule has 0 saturated heterocycles. The number of carbonyl (C=O) groups excluding carboxylic acids is 2. The van der Waals surface area contributed by atoms with Crippen molar-refractivity contribution in [1.82, 2.24) is 14.9 Å². The van der Waals surface area contributed by atoms with E-state index in [0.717, 1.165) is 16.8 Å². The predicted octanol–water partition coefficient (Wildman–Crippen LogP) is 4.28. The molecule has 34 heavy (non-hydrogen) atoms. The minimum atomic E-state index is -0.505. The third kappa shape index (κ3) is 4.17. The van der Waals surface area contributed by atoms with Crippen LogP contribution in [0.3, 0.4) is 0 Å². The first-order valence-corrected chi connectivity index (χ1v) is 10.9. The minimum Gasteiger partial charge on any atom is -0.465 e. The van der Waals surface area contributed by atoms with Crippen molar-refractivity contribution >= 4 is 35.0 Å². The van der Waals surface area contributed by atoms with Gasteiger partial charge < -0.3 is 19.5 Å². The van der Waals surface area contributed by atoms with E-state index in [2.05, 4.69) is 10.3 Å². The van der Waals surface area contributed by atoms with Crippen molar-refractivity contribution < 1.29 is 18.7 Å². The molecule has 174 valence electrons. The summed E-state index contributed by atoms with van der Waals surface area (Å²) >= 11 is 5.48. The fourth-order valence-electron chi connectivity index (χ4n) is 3.77. The zero-order chi connectivity index (χ0) is 24.6. The lowest BCUT2D eigenvalue weighted by molar-refractivity contribution is 0.0598. The van der Waals surface area contributed by atoms with Gasteiger partial charge in [-0.3, -0.25) is 14.2 Å². The van der Waals surface area contributed by atoms with Crippen LogP contribution in [0, 0.1) is 25.5 Å². The molecule has 2 aromatic heterocycles. The van der Waals surface area contributed by atoms with Crippen molar-refractivity contribution in [3.05, 3.63) is 91.4 Å². The van der Waals surface area contributed by atoms with E-state index >= 15 is 0 Å². The van der Waals surface area contributed by atoms with Gasteiger partial charge in [-0.15, -0.1) is 0 Å². The molecule has 9 heteroatoms. The summed E-state index contributed by atoms with van der Waals surface area (Å²) in [6.45, 7) is 5.65. The summed E-state index contributed by atoms with van der Waals surface area (Å²) in [7, 11) is 1.29. The van der Waals surface area contributed by atoms with E-state index in [4.69, 9.17) is 21.4 Å². The van der Waals surface area contributed by atoms with Crippen LogP contribution in [0.4, 0.5) is 0 Å². The molecule has 0 aliphatic rings. The van der Waals surface area contributed by atoms with Crippen molar-refractivity contribution in [2.75, 3.05) is 7.11 Å². The van der Waals surface area contributed by atoms with Gasteiger partial charge in [-0.05, 0) is 74.4 Å². The number of ether oxygens (including phenoxy) is 1. The van der Waals surface area contributed by atoms with Gasteiger partial charge in [0.2, 0.25) is 0 Å². The van der Waals surface area contributed by atoms with Gasteiger partial charge in [0, 0.05) is 5.56 Å². The highest BCUT2D eigenvalue weighted by Gasteiger charge is 2.17. The minimum absolute atomic E-state index is 0.0823. The molecule has 0 unspecified atom stereocenters. The third-order valence-electron chi connectivity index (χ3n) is 5.77. The number of H-pyrrole nitrogens is 1. The van der Waals surface area contributed by atoms with Gasteiger partial charge >= 0.3 is 5.97 Å². The first-order chi connectivity index (χ1) is 16.2. The van der Waals surface area contributed by atoms with E-state index in [1.54, 1.807) is 25.1 Å². The average molecular weight is 478 g/mol. The first-order valence-electron chi connectivity index (χ1n) is 10.5. The van der Waals surface area contributed by atoms with Crippen LogP contribution in [-0.2, 0) is 11.3 Å². The Hall–Kier alpha value is -3.98. The largest absolute Gasteiger partial charge is 0.465 e. The summed E-state index contributed by atoms with van der Waals surface area (Å²) in [5.41, 5.74) is 3.59. The summed E-state index contributed by atoms with van der Waals surface area (Å²) in [6, 6.07) is 12.0. The van der Waals surface area contributed by atoms with Gasteiger partial charge in [-0.2, -0.15) is 0 Å². The molecule has 0 aliphatic heterocycles. The maximum Gasteiger partial charge on any atom is 0.341 e. The van der Waals surface area contributed by atoms with Gasteiger partial charge in [-0.1, -0.05) is 12.1 Å². The standard InChI is InChI=1S/C25H23N3O5S/c1-13-6-5-7-21(14(13)2)28-23(30)18-9-8-16(10-20(18)27-25(28)34)22(29)26-12-17-11-19(15(3)33-17)24(31)32-4/h5-11H,12H2,1-4H3,(H,26,29)(H,27,34). The van der Waals surface area contributed by atoms with Crippen molar-refractivity contribution in [1.29, 1.82) is 0 Å². The topological polar surface area (TPSA) is 106 Å². The van der Waals surface area contributed by atoms with Gasteiger partial charge in [0.05, 0.1) is 30.2 Å². The Labute approximate surface area is 200 Å². The molecule has 0 aliphatic carbocycles. The van der Waals surface area contributed by atoms with Crippen LogP contribution >= 0.6 is 12.2 Å². The number of furan rings is 1. The quantitative estimate of drug-likeness (QED) is 0.328. The second-order valence-corrected chi connectivity index (χ2v) is 8.29. The molecular formula is C25H23N3O5S. The predicted molar refractivity (Wildman–Crippen MR) is 130 cm³/mol. The van der Waals surface area contributed by atoms with Crippen LogP contribution in [0.2, 0.25) is 0 Å². The van der Waals surface area contributed by atoms with E-state index in [-0.39, 0.29) is 22.8 Å². The second kappa shape index (κ2) is 9.11. The fourth-order valence-corrected chi connectivity index (χ4v) is 4.06. The molecule has 0 spiro atoms. The molecule has 2 aromatic carbocycles. The maximum atomic E-state index is 13.2. The summed E-state index contributed by atoms with van der Waals surface area (Å²) < 4.78 is 11.9. The van der Waals surface area contributed by atoms with Crippen molar-refractivity contribution in [2.24, 2.45) is 0 Å². The van der Waals surface area contributed by atoms with Crippen molar-refractivity contribution in [3.63, 3.8) is 0 Å². The molecule has 0 atom stereocenters. The number of methoxy groups -OCH3 is 1. The number of hydrogen-bond acceptors (Lipinski definition) is 6. The Balaban J connectivity index is 1.62. The van der Waals surface area contributed by atoms with Crippen LogP contribution in [0.15, 0.2) is 51.7 Å². The number of amides is 1. The van der Waals surface area contributed by atoms with Gasteiger partial charge in [-0.25, -0.2) is 4.79 Å². The van der Waals surface area contributed by atoms with Crippen LogP contribution < -0.4 is 10.9 Å². The highest BCUT2D eigenvalue weighted by atomic mass is 32.1. The maximum absolute atomic E-state index is 13.2. The Bertz CT molecular complexity index is 1560. The van der Waals surface area contributed by atoms with E-state index in [1.165, 1.54) is 17.7 Å². The molecule has 4 aromatic rings. The Kier molecular flexibility index (Phi) is 6.21. The lowest BCUT2D eigenvalue weighted by Crippen LogP contribution is -2.24. The summed E-state index contributed by atoms with van der Waals surface area (Å²) in [6.07, 6.45) is 0. The van der Waals surface area contributed by atoms with Crippen molar-refractivity contribution in [2.45, 2.75) is 27.3 Å². The molecule has 0 bridgehead atoms. The highest BCUT2D eigenvalue weighted by molar-refractivity contribution is 7.71. The smallest absolute Gasteiger partial charge is 0.341 e. The molecule has 4 rings (SSSR count). The highest BCUT2D eigenvalue weighted by Crippen LogP contribution is 2.19. The van der Waals surface area contributed by atoms with Crippen molar-refractivity contribution in [3.8, 4) is 5.69 Å². The number of aromatic nitrogens is 2. The number of rotatable bonds is 5. The molecule has 2 heterocycles. The number of carbonyl (C=O) groups is 2. The van der Waals surface area contributed by atoms with Gasteiger partial charge in [0.15, 0.2) is 4.77 Å². The number of hydrogen-bond donors (Lipinski definition) is 2. The molecule has 0 radical (unpaired) electrons. The van der Waals surface area contributed by atoms with Crippen LogP contribution in [0.1, 0.15) is 43.4 Å². The number of aromatic amines is 1. The second-order valence-electron chi connectivity index (χ2n) is 7.91. The molecule has 1 amide bonds. The van der Waals surface area contributed by atoms with Gasteiger partial charge in [0.1, 0.15) is 17.1 Å². The number of nitrogens with one attached hydrogen (secondary N) is 2. The number of esters is 1. The fraction of sp³-hybridized carbons (Fsp3) is 0.200. The monoisotopic (exact) mass is 477 g/mol. The third-order valence-corrected chi connectivity index (χ3v) is 6.06. The SMILES string of the molecule is COC(=O)c1cc(CNC(=O)c2ccc3c(=O)n(-c4cccc(C)c4C)c(=S)[nH]c3c2)oc1C. The summed E-state index contributed by atoms with van der Waals surface area (Å²) in [5, 5.41) is 3.16. The molecule has 2 N–H and O–H groups in total. The number of aryl methyl sites for hydroxylation is 2. The molecular weight excluding hydrogens is 454 g/mol. The number of nitrogens with zero attached hydrogens (tertiary/aromatic N) is 1. The lowest BCUT2D eigenvalue weighted by Gasteiger charge is -2.13. The zero-order valence-electron chi connectivity index (χ0n) is 19.1. The molecule has 0 saturated carbocycles. The molecule has 8 nitrogen and oxygen atoms in total. The average Bonchev–Trinajstić information content (AvgIpc) is 3.19. The van der Waals surface area contributed by atoms with Gasteiger partial charge in [0.25, 0.3) is 11.5 Å². The first kappa shape index (κ1) is 23.2. The normalized spacial score (nSPS) is 10.9. The number of benzene rings is 2. The van der Waals surface area contributed by atoms with E-state index in [1.807, 2.05) is 32.0 Å². The van der Waals surface area contributed by atoms with Crippen LogP contribution in [0.25, 0.3) is 16.6 Å². The summed E-state index contributed by atoms with van der Waals surface area (Å²) in [4.78, 5) is 40.8. The lowest BCUT2D eigenvalue weighted by atomic mass is 10.1. The Morgan fingerprint density at radius 3 is 2.65 bits per heavy atom. The van der Waals surface area contributed by atoms with Crippen LogP contribution in [0.5, 0.6) is 0 Å². The van der Waals surface area contributed by atoms with E-state index in [9.17, 15) is 14.4 Å². The van der Waals surface area contributed by atoms with Crippen LogP contribution in [-0.4, -0.2) is 28.5 Å². The Morgan fingerprint density at radius 2 is 1.91 bits per heavy atom. The van der Waals surface area contributed by atoms with E-state index < -0.39 is 5.97 Å². The number of fused-ring (bicyclic) bond motifs is 1. The summed E-state index contributed by atoms with van der Waals surface area (Å²) in [5.74, 6) is -0.0407. The Morgan fingerprint density at radius 1 is 1.15 bits per heavy atom. The molecule has 0 fully saturated rings.